The van der Waals surface area contributed by atoms with Crippen molar-refractivity contribution in [1.82, 2.24) is 0 Å². The van der Waals surface area contributed by atoms with Gasteiger partial charge in [0.2, 0.25) is 0 Å². The summed E-state index contributed by atoms with van der Waals surface area (Å²) in [6.45, 7) is 11.6. The molecular weight excluding hydrogens is 192 g/mol. The van der Waals surface area contributed by atoms with Gasteiger partial charge in [-0.25, -0.2) is 0 Å². The highest BCUT2D eigenvalue weighted by atomic mass is 14.2. The van der Waals surface area contributed by atoms with Crippen LogP contribution < -0.4 is 0 Å². The van der Waals surface area contributed by atoms with Gasteiger partial charge in [-0.3, -0.25) is 0 Å². The molecule has 0 heterocycles. The van der Waals surface area contributed by atoms with Crippen molar-refractivity contribution < 1.29 is 0 Å². The van der Waals surface area contributed by atoms with E-state index in [0.29, 0.717) is 5.41 Å². The fourth-order valence-electron chi connectivity index (χ4n) is 2.61. The largest absolute Gasteiger partial charge is 0.0654 e. The third kappa shape index (κ3) is 10.5. The van der Waals surface area contributed by atoms with Gasteiger partial charge in [-0.1, -0.05) is 79.6 Å². The Morgan fingerprint density at radius 1 is 0.812 bits per heavy atom. The Morgan fingerprint density at radius 3 is 1.81 bits per heavy atom. The summed E-state index contributed by atoms with van der Waals surface area (Å²) in [6.07, 6.45) is 12.7. The first-order valence-electron chi connectivity index (χ1n) is 7.27. The molecule has 0 saturated carbocycles. The predicted octanol–water partition coefficient (Wildman–Crippen LogP) is 6.16. The second-order valence-electron chi connectivity index (χ2n) is 6.42. The summed E-state index contributed by atoms with van der Waals surface area (Å²) in [5, 5.41) is 0. The molecule has 0 aliphatic carbocycles. The maximum absolute atomic E-state index is 2.41. The second-order valence-corrected chi connectivity index (χ2v) is 6.42. The number of hydrogen-bond acceptors (Lipinski definition) is 0. The maximum Gasteiger partial charge on any atom is -0.0298 e. The lowest BCUT2D eigenvalue weighted by Crippen LogP contribution is -2.13. The molecule has 0 aromatic heterocycles. The molecule has 0 nitrogen and oxygen atoms in total. The van der Waals surface area contributed by atoms with E-state index in [1.165, 1.54) is 57.8 Å². The van der Waals surface area contributed by atoms with Crippen LogP contribution in [0.3, 0.4) is 0 Å². The first kappa shape index (κ1) is 16.0. The Hall–Kier alpha value is 0. The van der Waals surface area contributed by atoms with Crippen LogP contribution in [0.25, 0.3) is 0 Å². The van der Waals surface area contributed by atoms with Crippen molar-refractivity contribution in [2.75, 3.05) is 0 Å². The summed E-state index contributed by atoms with van der Waals surface area (Å²) in [5.74, 6) is 1.58. The van der Waals surface area contributed by atoms with Crippen LogP contribution in [0.2, 0.25) is 0 Å². The standard InChI is InChI=1S/C16H33/c1-6-7-8-9-10-11-12-13-16(4,5)14-15(2)3/h6-14H2,1-5H3. The molecule has 0 aromatic rings. The Labute approximate surface area is 104 Å². The summed E-state index contributed by atoms with van der Waals surface area (Å²) < 4.78 is 0. The van der Waals surface area contributed by atoms with Gasteiger partial charge in [0.25, 0.3) is 0 Å². The van der Waals surface area contributed by atoms with Crippen molar-refractivity contribution in [3.63, 3.8) is 0 Å². The molecule has 0 rings (SSSR count). The van der Waals surface area contributed by atoms with Gasteiger partial charge in [0.1, 0.15) is 0 Å². The van der Waals surface area contributed by atoms with E-state index < -0.39 is 0 Å². The lowest BCUT2D eigenvalue weighted by atomic mass is 9.79. The monoisotopic (exact) mass is 225 g/mol. The van der Waals surface area contributed by atoms with Gasteiger partial charge in [0, 0.05) is 0 Å². The quantitative estimate of drug-likeness (QED) is 0.391. The highest BCUT2D eigenvalue weighted by molar-refractivity contribution is 4.85. The molecule has 0 amide bonds. The third-order valence-corrected chi connectivity index (χ3v) is 3.29. The average molecular weight is 225 g/mol. The number of rotatable bonds is 10. The summed E-state index contributed by atoms with van der Waals surface area (Å²) >= 11 is 0. The minimum atomic E-state index is 0.530. The molecule has 0 fully saturated rings. The minimum Gasteiger partial charge on any atom is -0.0654 e. The van der Waals surface area contributed by atoms with Gasteiger partial charge >= 0.3 is 0 Å². The molecular formula is C16H33. The summed E-state index contributed by atoms with van der Waals surface area (Å²) in [6, 6.07) is 0. The predicted molar refractivity (Wildman–Crippen MR) is 75.6 cm³/mol. The topological polar surface area (TPSA) is 0 Å². The Balaban J connectivity index is 3.36. The van der Waals surface area contributed by atoms with E-state index in [-0.39, 0.29) is 0 Å². The second kappa shape index (κ2) is 9.07. The molecule has 0 N–H and O–H groups in total. The van der Waals surface area contributed by atoms with Gasteiger partial charge in [-0.05, 0) is 24.2 Å². The lowest BCUT2D eigenvalue weighted by molar-refractivity contribution is 0.302. The van der Waals surface area contributed by atoms with Crippen molar-refractivity contribution in [3.05, 3.63) is 5.92 Å². The Kier molecular flexibility index (Phi) is 9.07. The van der Waals surface area contributed by atoms with Crippen LogP contribution in [0, 0.1) is 11.3 Å². The lowest BCUT2D eigenvalue weighted by Gasteiger charge is -2.26. The van der Waals surface area contributed by atoms with E-state index in [2.05, 4.69) is 34.6 Å². The molecule has 97 valence electrons. The molecule has 0 spiro atoms. The zero-order valence-corrected chi connectivity index (χ0v) is 12.4. The fraction of sp³-hybridized carbons (Fsp3) is 0.938. The summed E-state index contributed by atoms with van der Waals surface area (Å²) in [5.41, 5.74) is 0.530. The zero-order chi connectivity index (χ0) is 12.4. The zero-order valence-electron chi connectivity index (χ0n) is 12.4. The molecule has 0 saturated heterocycles. The van der Waals surface area contributed by atoms with Crippen LogP contribution in [-0.2, 0) is 0 Å². The molecule has 16 heavy (non-hydrogen) atoms. The van der Waals surface area contributed by atoms with Crippen LogP contribution in [0.1, 0.15) is 92.4 Å². The third-order valence-electron chi connectivity index (χ3n) is 3.29. The van der Waals surface area contributed by atoms with E-state index in [1.807, 2.05) is 0 Å². The van der Waals surface area contributed by atoms with Crippen molar-refractivity contribution >= 4 is 0 Å². The molecule has 0 heteroatoms. The maximum atomic E-state index is 2.41. The SMILES string of the molecule is CCCCCCCCCC(C)(C)C[C](C)C. The Bertz CT molecular complexity index is 144. The van der Waals surface area contributed by atoms with E-state index in [4.69, 9.17) is 0 Å². The highest BCUT2D eigenvalue weighted by Crippen LogP contribution is 2.32. The fourth-order valence-corrected chi connectivity index (χ4v) is 2.61. The van der Waals surface area contributed by atoms with Crippen molar-refractivity contribution in [2.45, 2.75) is 92.4 Å². The van der Waals surface area contributed by atoms with E-state index in [9.17, 15) is 0 Å². The van der Waals surface area contributed by atoms with Crippen LogP contribution in [0.4, 0.5) is 0 Å². The van der Waals surface area contributed by atoms with Gasteiger partial charge in [-0.15, -0.1) is 0 Å². The van der Waals surface area contributed by atoms with Gasteiger partial charge < -0.3 is 0 Å². The van der Waals surface area contributed by atoms with E-state index in [1.54, 1.807) is 5.92 Å². The van der Waals surface area contributed by atoms with Crippen LogP contribution in [0.15, 0.2) is 0 Å². The first-order chi connectivity index (χ1) is 7.48. The minimum absolute atomic E-state index is 0.530. The normalized spacial score (nSPS) is 12.4. The molecule has 1 radical (unpaired) electrons. The van der Waals surface area contributed by atoms with E-state index in [0.717, 1.165) is 0 Å². The van der Waals surface area contributed by atoms with E-state index >= 15 is 0 Å². The number of hydrogen-bond donors (Lipinski definition) is 0. The highest BCUT2D eigenvalue weighted by Gasteiger charge is 2.18. The van der Waals surface area contributed by atoms with Gasteiger partial charge in [0.15, 0.2) is 0 Å². The molecule has 0 aromatic carbocycles. The molecule has 0 aliphatic rings. The van der Waals surface area contributed by atoms with Crippen molar-refractivity contribution in [1.29, 1.82) is 0 Å². The van der Waals surface area contributed by atoms with Crippen molar-refractivity contribution in [2.24, 2.45) is 5.41 Å². The smallest absolute Gasteiger partial charge is 0.0298 e. The summed E-state index contributed by atoms with van der Waals surface area (Å²) in [4.78, 5) is 0. The van der Waals surface area contributed by atoms with Crippen molar-refractivity contribution in [3.8, 4) is 0 Å². The molecule has 0 aliphatic heterocycles. The van der Waals surface area contributed by atoms with Crippen LogP contribution in [0.5, 0.6) is 0 Å². The van der Waals surface area contributed by atoms with Gasteiger partial charge in [-0.2, -0.15) is 0 Å². The molecule has 0 unspecified atom stereocenters. The molecule has 0 bridgehead atoms. The van der Waals surface area contributed by atoms with Crippen LogP contribution >= 0.6 is 0 Å². The Morgan fingerprint density at radius 2 is 1.31 bits per heavy atom. The summed E-state index contributed by atoms with van der Waals surface area (Å²) in [7, 11) is 0. The average Bonchev–Trinajstić information content (AvgIpc) is 2.14. The first-order valence-corrected chi connectivity index (χ1v) is 7.27. The van der Waals surface area contributed by atoms with Crippen LogP contribution in [-0.4, -0.2) is 0 Å². The van der Waals surface area contributed by atoms with Gasteiger partial charge in [0.05, 0.1) is 0 Å². The number of unbranched alkanes of at least 4 members (excludes halogenated alkanes) is 6. The molecule has 0 atom stereocenters.